The van der Waals surface area contributed by atoms with Gasteiger partial charge < -0.3 is 29.2 Å². The number of ether oxygens (including phenoxy) is 4. The first kappa shape index (κ1) is 23.6. The van der Waals surface area contributed by atoms with Crippen molar-refractivity contribution in [2.24, 2.45) is 0 Å². The molecule has 32 heavy (non-hydrogen) atoms. The molecule has 3 rings (SSSR count). The zero-order valence-corrected chi connectivity index (χ0v) is 19.0. The average Bonchev–Trinajstić information content (AvgIpc) is 3.21. The molecule has 2 aromatic carbocycles. The maximum Gasteiger partial charge on any atom is 0.410 e. The first-order chi connectivity index (χ1) is 15.5. The molecule has 172 valence electrons. The summed E-state index contributed by atoms with van der Waals surface area (Å²) in [4.78, 5) is 26.3. The highest BCUT2D eigenvalue weighted by molar-refractivity contribution is 7.81. The summed E-state index contributed by atoms with van der Waals surface area (Å²) in [6, 6.07) is 14.4. The summed E-state index contributed by atoms with van der Waals surface area (Å²) in [6.45, 7) is 1.01. The molecule has 1 heterocycles. The molecule has 0 radical (unpaired) electrons. The smallest absolute Gasteiger partial charge is 0.410 e. The highest BCUT2D eigenvalue weighted by Gasteiger charge is 2.35. The van der Waals surface area contributed by atoms with Gasteiger partial charge in [0.15, 0.2) is 0 Å². The molecule has 0 unspecified atom stereocenters. The zero-order chi connectivity index (χ0) is 22.9. The van der Waals surface area contributed by atoms with Gasteiger partial charge in [0.25, 0.3) is 0 Å². The summed E-state index contributed by atoms with van der Waals surface area (Å²) in [7, 11) is 3.19. The molecule has 0 saturated carbocycles. The number of methoxy groups -OCH3 is 2. The van der Waals surface area contributed by atoms with E-state index in [1.165, 1.54) is 0 Å². The first-order valence-electron chi connectivity index (χ1n) is 10.3. The number of nitrogens with zero attached hydrogens (tertiary/aromatic N) is 1. The summed E-state index contributed by atoms with van der Waals surface area (Å²) in [5.41, 5.74) is 1.71. The van der Waals surface area contributed by atoms with Crippen molar-refractivity contribution in [3.05, 3.63) is 59.7 Å². The van der Waals surface area contributed by atoms with Gasteiger partial charge in [0.05, 0.1) is 20.3 Å². The van der Waals surface area contributed by atoms with Crippen LogP contribution in [-0.2, 0) is 22.7 Å². The molecule has 8 nitrogen and oxygen atoms in total. The van der Waals surface area contributed by atoms with E-state index >= 15 is 0 Å². The van der Waals surface area contributed by atoms with E-state index in [4.69, 9.17) is 18.9 Å². The van der Waals surface area contributed by atoms with Crippen LogP contribution in [-0.4, -0.2) is 55.7 Å². The highest BCUT2D eigenvalue weighted by atomic mass is 32.1. The van der Waals surface area contributed by atoms with Gasteiger partial charge in [-0.05, 0) is 41.8 Å². The van der Waals surface area contributed by atoms with E-state index in [2.05, 4.69) is 17.9 Å². The number of thiol groups is 1. The van der Waals surface area contributed by atoms with E-state index in [1.807, 2.05) is 36.4 Å². The molecule has 1 fully saturated rings. The van der Waals surface area contributed by atoms with Gasteiger partial charge in [0.1, 0.15) is 24.7 Å². The summed E-state index contributed by atoms with van der Waals surface area (Å²) >= 11 is 4.50. The molecule has 0 aliphatic carbocycles. The Morgan fingerprint density at radius 2 is 1.47 bits per heavy atom. The number of hydrogen-bond donors (Lipinski definition) is 2. The topological polar surface area (TPSA) is 86.3 Å². The zero-order valence-electron chi connectivity index (χ0n) is 18.2. The SMILES string of the molecule is COc1ccc(COC(=O)NC[C@@H]2C[C@H](S)CN2C(=O)OCc2ccc(OC)cc2)cc1. The normalized spacial score (nSPS) is 17.5. The fourth-order valence-electron chi connectivity index (χ4n) is 3.38. The Balaban J connectivity index is 1.44. The third-order valence-corrected chi connectivity index (χ3v) is 5.53. The second-order valence-electron chi connectivity index (χ2n) is 7.40. The number of benzene rings is 2. The quantitative estimate of drug-likeness (QED) is 0.585. The van der Waals surface area contributed by atoms with Crippen molar-refractivity contribution in [3.63, 3.8) is 0 Å². The maximum atomic E-state index is 12.6. The summed E-state index contributed by atoms with van der Waals surface area (Å²) < 4.78 is 20.9. The van der Waals surface area contributed by atoms with E-state index < -0.39 is 12.2 Å². The maximum absolute atomic E-state index is 12.6. The third-order valence-electron chi connectivity index (χ3n) is 5.16. The highest BCUT2D eigenvalue weighted by Crippen LogP contribution is 2.23. The summed E-state index contributed by atoms with van der Waals surface area (Å²) in [5, 5.41) is 2.75. The van der Waals surface area contributed by atoms with Gasteiger partial charge in [-0.3, -0.25) is 0 Å². The number of alkyl carbamates (subject to hydrolysis) is 1. The fraction of sp³-hybridized carbons (Fsp3) is 0.391. The lowest BCUT2D eigenvalue weighted by Gasteiger charge is -2.24. The Morgan fingerprint density at radius 1 is 0.938 bits per heavy atom. The number of likely N-dealkylation sites (tertiary alicyclic amines) is 1. The lowest BCUT2D eigenvalue weighted by atomic mass is 10.2. The third kappa shape index (κ3) is 6.71. The standard InChI is InChI=1S/C23H28N2O6S/c1-28-19-7-3-16(4-8-19)14-30-22(26)24-12-18-11-21(32)13-25(18)23(27)31-15-17-5-9-20(29-2)10-6-17/h3-10,18,21,32H,11-15H2,1-2H3,(H,24,26)/t18-,21-/m0/s1. The van der Waals surface area contributed by atoms with Crippen molar-refractivity contribution in [1.29, 1.82) is 0 Å². The number of rotatable bonds is 8. The molecule has 2 aromatic rings. The molecule has 1 aliphatic heterocycles. The molecule has 1 saturated heterocycles. The van der Waals surface area contributed by atoms with Crippen LogP contribution in [0.5, 0.6) is 11.5 Å². The minimum absolute atomic E-state index is 0.0191. The number of hydrogen-bond acceptors (Lipinski definition) is 7. The minimum atomic E-state index is -0.546. The lowest BCUT2D eigenvalue weighted by molar-refractivity contribution is 0.0903. The van der Waals surface area contributed by atoms with Crippen LogP contribution >= 0.6 is 12.6 Å². The summed E-state index contributed by atoms with van der Waals surface area (Å²) in [5.74, 6) is 1.47. The van der Waals surface area contributed by atoms with Crippen molar-refractivity contribution in [2.75, 3.05) is 27.3 Å². The Kier molecular flexibility index (Phi) is 8.49. The van der Waals surface area contributed by atoms with Crippen LogP contribution in [0.3, 0.4) is 0 Å². The van der Waals surface area contributed by atoms with Crippen LogP contribution in [0.25, 0.3) is 0 Å². The van der Waals surface area contributed by atoms with Crippen molar-refractivity contribution in [1.82, 2.24) is 10.2 Å². The Hall–Kier alpha value is -3.07. The van der Waals surface area contributed by atoms with Crippen LogP contribution in [0.15, 0.2) is 48.5 Å². The van der Waals surface area contributed by atoms with E-state index in [9.17, 15) is 9.59 Å². The van der Waals surface area contributed by atoms with Crippen LogP contribution in [0.4, 0.5) is 9.59 Å². The molecule has 1 aliphatic rings. The monoisotopic (exact) mass is 460 g/mol. The van der Waals surface area contributed by atoms with Crippen molar-refractivity contribution in [2.45, 2.75) is 30.9 Å². The second-order valence-corrected chi connectivity index (χ2v) is 8.13. The molecule has 9 heteroatoms. The fourth-order valence-corrected chi connectivity index (χ4v) is 3.80. The Labute approximate surface area is 193 Å². The van der Waals surface area contributed by atoms with Crippen LogP contribution in [0.1, 0.15) is 17.5 Å². The number of carbonyl (C=O) groups is 2. The summed E-state index contributed by atoms with van der Waals surface area (Å²) in [6.07, 6.45) is -0.328. The van der Waals surface area contributed by atoms with Crippen LogP contribution in [0, 0.1) is 0 Å². The van der Waals surface area contributed by atoms with E-state index in [0.29, 0.717) is 13.0 Å². The van der Waals surface area contributed by atoms with Crippen LogP contribution < -0.4 is 14.8 Å². The van der Waals surface area contributed by atoms with Gasteiger partial charge in [-0.15, -0.1) is 0 Å². The molecule has 0 bridgehead atoms. The van der Waals surface area contributed by atoms with Gasteiger partial charge >= 0.3 is 12.2 Å². The largest absolute Gasteiger partial charge is 0.497 e. The van der Waals surface area contributed by atoms with E-state index in [-0.39, 0.29) is 31.1 Å². The molecule has 2 atom stereocenters. The van der Waals surface area contributed by atoms with E-state index in [1.54, 1.807) is 31.3 Å². The second kappa shape index (κ2) is 11.5. The molecule has 2 amide bonds. The Morgan fingerprint density at radius 3 is 2.00 bits per heavy atom. The lowest BCUT2D eigenvalue weighted by Crippen LogP contribution is -2.43. The molecule has 1 N–H and O–H groups in total. The van der Waals surface area contributed by atoms with Crippen molar-refractivity contribution in [3.8, 4) is 11.5 Å². The molecular weight excluding hydrogens is 432 g/mol. The van der Waals surface area contributed by atoms with Crippen molar-refractivity contribution < 1.29 is 28.5 Å². The number of nitrogens with one attached hydrogen (secondary N) is 1. The van der Waals surface area contributed by atoms with Crippen LogP contribution in [0.2, 0.25) is 0 Å². The predicted molar refractivity (Wildman–Crippen MR) is 122 cm³/mol. The van der Waals surface area contributed by atoms with Gasteiger partial charge in [0.2, 0.25) is 0 Å². The molecular formula is C23H28N2O6S. The van der Waals surface area contributed by atoms with Gasteiger partial charge in [-0.25, -0.2) is 9.59 Å². The number of carbonyl (C=O) groups excluding carboxylic acids is 2. The number of amides is 2. The van der Waals surface area contributed by atoms with Gasteiger partial charge in [0, 0.05) is 18.3 Å². The van der Waals surface area contributed by atoms with E-state index in [0.717, 1.165) is 22.6 Å². The first-order valence-corrected chi connectivity index (χ1v) is 10.8. The molecule has 0 spiro atoms. The predicted octanol–water partition coefficient (Wildman–Crippen LogP) is 3.64. The van der Waals surface area contributed by atoms with Gasteiger partial charge in [-0.2, -0.15) is 12.6 Å². The average molecular weight is 461 g/mol. The van der Waals surface area contributed by atoms with Gasteiger partial charge in [-0.1, -0.05) is 24.3 Å². The van der Waals surface area contributed by atoms with Crippen molar-refractivity contribution >= 4 is 24.8 Å². The minimum Gasteiger partial charge on any atom is -0.497 e. The molecule has 0 aromatic heterocycles. The Bertz CT molecular complexity index is 890.